The van der Waals surface area contributed by atoms with Crippen molar-refractivity contribution in [3.05, 3.63) is 52.9 Å². The maximum absolute atomic E-state index is 12.4. The fraction of sp³-hybridized carbons (Fsp3) is 0.353. The van der Waals surface area contributed by atoms with E-state index < -0.39 is 17.9 Å². The Labute approximate surface area is 140 Å². The number of allylic oxidation sites excluding steroid dienone is 1. The van der Waals surface area contributed by atoms with Crippen molar-refractivity contribution in [3.8, 4) is 0 Å². The monoisotopic (exact) mass is 332 g/mol. The Morgan fingerprint density at radius 1 is 1.21 bits per heavy atom. The number of nitrogens with two attached hydrogens (primary N) is 1. The number of esters is 2. The van der Waals surface area contributed by atoms with Crippen LogP contribution in [0.2, 0.25) is 0 Å². The maximum atomic E-state index is 12.4. The lowest BCUT2D eigenvalue weighted by Crippen LogP contribution is -2.30. The van der Waals surface area contributed by atoms with Gasteiger partial charge in [0.25, 0.3) is 0 Å². The number of hydrogen-bond donors (Lipinski definition) is 1. The first-order valence-electron chi connectivity index (χ1n) is 7.63. The number of aromatic nitrogens is 1. The van der Waals surface area contributed by atoms with E-state index in [1.54, 1.807) is 45.3 Å². The number of hydrogen-bond acceptors (Lipinski definition) is 7. The average molecular weight is 332 g/mol. The minimum Gasteiger partial charge on any atom is -0.463 e. The van der Waals surface area contributed by atoms with Gasteiger partial charge in [0, 0.05) is 12.4 Å². The molecule has 0 aromatic carbocycles. The highest BCUT2D eigenvalue weighted by Crippen LogP contribution is 2.40. The molecule has 0 aliphatic carbocycles. The standard InChI is InChI=1S/C17H20N2O5/c1-4-22-16(20)12-10(3)24-15(18)14(17(21)23-5-2)13(12)11-7-6-8-19-9-11/h6-9,13H,4-5,18H2,1-3H3/t13-/m0/s1. The Bertz CT molecular complexity index is 654. The molecule has 0 bridgehead atoms. The minimum atomic E-state index is -0.759. The smallest absolute Gasteiger partial charge is 0.340 e. The summed E-state index contributed by atoms with van der Waals surface area (Å²) in [6.45, 7) is 5.36. The zero-order chi connectivity index (χ0) is 17.7. The lowest BCUT2D eigenvalue weighted by Gasteiger charge is -2.28. The van der Waals surface area contributed by atoms with Gasteiger partial charge in [-0.2, -0.15) is 0 Å². The SMILES string of the molecule is CCOC(=O)C1=C(C)OC(N)=C(C(=O)OCC)[C@H]1c1cccnc1. The molecule has 1 aliphatic rings. The van der Waals surface area contributed by atoms with E-state index in [9.17, 15) is 9.59 Å². The summed E-state index contributed by atoms with van der Waals surface area (Å²) < 4.78 is 15.6. The topological polar surface area (TPSA) is 101 Å². The lowest BCUT2D eigenvalue weighted by atomic mass is 9.83. The van der Waals surface area contributed by atoms with Gasteiger partial charge in [0.1, 0.15) is 11.3 Å². The second kappa shape index (κ2) is 7.63. The van der Waals surface area contributed by atoms with Crippen LogP contribution in [0.15, 0.2) is 47.3 Å². The molecule has 0 saturated carbocycles. The average Bonchev–Trinajstić information content (AvgIpc) is 2.55. The highest BCUT2D eigenvalue weighted by atomic mass is 16.5. The molecule has 128 valence electrons. The summed E-state index contributed by atoms with van der Waals surface area (Å²) in [5.74, 6) is -1.78. The predicted molar refractivity (Wildman–Crippen MR) is 85.2 cm³/mol. The second-order valence-electron chi connectivity index (χ2n) is 5.01. The summed E-state index contributed by atoms with van der Waals surface area (Å²) in [5, 5.41) is 0. The number of carbonyl (C=O) groups is 2. The molecule has 2 N–H and O–H groups in total. The van der Waals surface area contributed by atoms with Gasteiger partial charge in [-0.25, -0.2) is 9.59 Å². The fourth-order valence-electron chi connectivity index (χ4n) is 2.54. The van der Waals surface area contributed by atoms with Crippen LogP contribution < -0.4 is 5.73 Å². The second-order valence-corrected chi connectivity index (χ2v) is 5.01. The van der Waals surface area contributed by atoms with Crippen LogP contribution in [0.5, 0.6) is 0 Å². The highest BCUT2D eigenvalue weighted by Gasteiger charge is 2.40. The van der Waals surface area contributed by atoms with Gasteiger partial charge in [0.05, 0.1) is 24.7 Å². The van der Waals surface area contributed by atoms with Crippen LogP contribution in [-0.2, 0) is 23.8 Å². The Morgan fingerprint density at radius 2 is 1.83 bits per heavy atom. The first kappa shape index (κ1) is 17.5. The van der Waals surface area contributed by atoms with Gasteiger partial charge in [-0.1, -0.05) is 6.07 Å². The molecule has 1 aliphatic heterocycles. The van der Waals surface area contributed by atoms with Gasteiger partial charge in [-0.3, -0.25) is 4.98 Å². The van der Waals surface area contributed by atoms with E-state index >= 15 is 0 Å². The molecule has 0 fully saturated rings. The first-order valence-corrected chi connectivity index (χ1v) is 7.63. The van der Waals surface area contributed by atoms with Crippen LogP contribution in [0.25, 0.3) is 0 Å². The number of rotatable bonds is 5. The summed E-state index contributed by atoms with van der Waals surface area (Å²) in [4.78, 5) is 28.9. The summed E-state index contributed by atoms with van der Waals surface area (Å²) >= 11 is 0. The van der Waals surface area contributed by atoms with Crippen LogP contribution >= 0.6 is 0 Å². The van der Waals surface area contributed by atoms with Crippen molar-refractivity contribution in [1.82, 2.24) is 4.98 Å². The van der Waals surface area contributed by atoms with Crippen LogP contribution in [0.4, 0.5) is 0 Å². The van der Waals surface area contributed by atoms with Crippen molar-refractivity contribution in [2.75, 3.05) is 13.2 Å². The van der Waals surface area contributed by atoms with Gasteiger partial charge in [-0.05, 0) is 32.4 Å². The molecule has 1 aromatic rings. The number of nitrogens with zero attached hydrogens (tertiary/aromatic N) is 1. The molecule has 7 nitrogen and oxygen atoms in total. The molecule has 0 unspecified atom stereocenters. The molecule has 0 saturated heterocycles. The molecule has 0 amide bonds. The summed E-state index contributed by atoms with van der Waals surface area (Å²) in [5.41, 5.74) is 6.81. The van der Waals surface area contributed by atoms with E-state index in [2.05, 4.69) is 4.98 Å². The third-order valence-corrected chi connectivity index (χ3v) is 3.49. The minimum absolute atomic E-state index is 0.0681. The van der Waals surface area contributed by atoms with Crippen molar-refractivity contribution in [2.45, 2.75) is 26.7 Å². The fourth-order valence-corrected chi connectivity index (χ4v) is 2.54. The summed E-state index contributed by atoms with van der Waals surface area (Å²) in [6, 6.07) is 3.46. The van der Waals surface area contributed by atoms with E-state index in [1.807, 2.05) is 0 Å². The van der Waals surface area contributed by atoms with E-state index in [0.717, 1.165) is 0 Å². The van der Waals surface area contributed by atoms with Crippen molar-refractivity contribution in [1.29, 1.82) is 0 Å². The van der Waals surface area contributed by atoms with Crippen molar-refractivity contribution >= 4 is 11.9 Å². The number of ether oxygens (including phenoxy) is 3. The molecule has 0 radical (unpaired) electrons. The molecular formula is C17H20N2O5. The molecule has 1 atom stereocenters. The van der Waals surface area contributed by atoms with Gasteiger partial charge >= 0.3 is 11.9 Å². The molecule has 24 heavy (non-hydrogen) atoms. The van der Waals surface area contributed by atoms with Gasteiger partial charge in [0.15, 0.2) is 0 Å². The first-order chi connectivity index (χ1) is 11.5. The molecule has 1 aromatic heterocycles. The van der Waals surface area contributed by atoms with Crippen LogP contribution in [0.1, 0.15) is 32.3 Å². The Morgan fingerprint density at radius 3 is 2.38 bits per heavy atom. The summed E-state index contributed by atoms with van der Waals surface area (Å²) in [7, 11) is 0. The van der Waals surface area contributed by atoms with Gasteiger partial charge in [-0.15, -0.1) is 0 Å². The molecule has 2 rings (SSSR count). The highest BCUT2D eigenvalue weighted by molar-refractivity contribution is 5.99. The van der Waals surface area contributed by atoms with Crippen molar-refractivity contribution in [2.24, 2.45) is 5.73 Å². The largest absolute Gasteiger partial charge is 0.463 e. The van der Waals surface area contributed by atoms with E-state index in [-0.39, 0.29) is 36.0 Å². The van der Waals surface area contributed by atoms with Gasteiger partial charge in [0.2, 0.25) is 5.88 Å². The number of carbonyl (C=O) groups excluding carboxylic acids is 2. The molecular weight excluding hydrogens is 312 g/mol. The van der Waals surface area contributed by atoms with Crippen molar-refractivity contribution in [3.63, 3.8) is 0 Å². The zero-order valence-electron chi connectivity index (χ0n) is 13.9. The van der Waals surface area contributed by atoms with Crippen molar-refractivity contribution < 1.29 is 23.8 Å². The van der Waals surface area contributed by atoms with Crippen LogP contribution in [0.3, 0.4) is 0 Å². The summed E-state index contributed by atoms with van der Waals surface area (Å²) in [6.07, 6.45) is 3.16. The van der Waals surface area contributed by atoms with Gasteiger partial charge < -0.3 is 19.9 Å². The zero-order valence-corrected chi connectivity index (χ0v) is 13.9. The predicted octanol–water partition coefficient (Wildman–Crippen LogP) is 1.77. The Hall–Kier alpha value is -2.83. The molecule has 7 heteroatoms. The third-order valence-electron chi connectivity index (χ3n) is 3.49. The molecule has 2 heterocycles. The van der Waals surface area contributed by atoms with E-state index in [0.29, 0.717) is 5.56 Å². The third kappa shape index (κ3) is 3.40. The Balaban J connectivity index is 2.59. The number of pyridine rings is 1. The Kier molecular flexibility index (Phi) is 5.57. The van der Waals surface area contributed by atoms with Crippen LogP contribution in [0, 0.1) is 0 Å². The quantitative estimate of drug-likeness (QED) is 0.820. The van der Waals surface area contributed by atoms with E-state index in [4.69, 9.17) is 19.9 Å². The van der Waals surface area contributed by atoms with Crippen LogP contribution in [-0.4, -0.2) is 30.1 Å². The normalized spacial score (nSPS) is 17.4. The maximum Gasteiger partial charge on any atom is 0.340 e. The lowest BCUT2D eigenvalue weighted by molar-refractivity contribution is -0.140. The molecule has 0 spiro atoms. The van der Waals surface area contributed by atoms with E-state index in [1.165, 1.54) is 0 Å².